The molecule has 0 spiro atoms. The van der Waals surface area contributed by atoms with E-state index in [4.69, 9.17) is 14.6 Å². The second-order valence-corrected chi connectivity index (χ2v) is 6.02. The summed E-state index contributed by atoms with van der Waals surface area (Å²) in [5, 5.41) is 9.09. The van der Waals surface area contributed by atoms with Gasteiger partial charge in [-0.3, -0.25) is 4.79 Å². The Morgan fingerprint density at radius 3 is 2.47 bits per heavy atom. The van der Waals surface area contributed by atoms with Crippen LogP contribution < -0.4 is 0 Å². The number of esters is 1. The molecule has 1 amide bonds. The highest BCUT2D eigenvalue weighted by Gasteiger charge is 2.46. The summed E-state index contributed by atoms with van der Waals surface area (Å²) in [6.07, 6.45) is 0.206. The number of amides is 1. The molecule has 1 aliphatic heterocycles. The first kappa shape index (κ1) is 15.8. The van der Waals surface area contributed by atoms with Gasteiger partial charge >= 0.3 is 12.1 Å². The lowest BCUT2D eigenvalue weighted by Gasteiger charge is -2.40. The van der Waals surface area contributed by atoms with Gasteiger partial charge in [-0.1, -0.05) is 0 Å². The molecule has 0 saturated carbocycles. The topological polar surface area (TPSA) is 76.1 Å². The van der Waals surface area contributed by atoms with Crippen molar-refractivity contribution in [3.8, 4) is 0 Å². The number of hydrogen-bond acceptors (Lipinski definition) is 4. The number of methoxy groups -OCH3 is 1. The highest BCUT2D eigenvalue weighted by atomic mass is 16.6. The summed E-state index contributed by atoms with van der Waals surface area (Å²) < 4.78 is 10.6. The Labute approximate surface area is 113 Å². The van der Waals surface area contributed by atoms with Gasteiger partial charge in [-0.25, -0.2) is 4.79 Å². The lowest BCUT2D eigenvalue weighted by molar-refractivity contribution is -0.174. The van der Waals surface area contributed by atoms with Crippen molar-refractivity contribution >= 4 is 12.1 Å². The van der Waals surface area contributed by atoms with E-state index < -0.39 is 17.1 Å². The minimum atomic E-state index is -1.01. The van der Waals surface area contributed by atoms with Gasteiger partial charge in [0.15, 0.2) is 0 Å². The zero-order valence-corrected chi connectivity index (χ0v) is 12.1. The van der Waals surface area contributed by atoms with E-state index in [-0.39, 0.29) is 19.1 Å². The molecular formula is C13H23NO5. The zero-order valence-electron chi connectivity index (χ0n) is 12.1. The lowest BCUT2D eigenvalue weighted by Crippen LogP contribution is -2.53. The van der Waals surface area contributed by atoms with Crippen molar-refractivity contribution in [2.24, 2.45) is 5.41 Å². The molecule has 0 radical (unpaired) electrons. The minimum Gasteiger partial charge on any atom is -0.465 e. The third-order valence-electron chi connectivity index (χ3n) is 3.10. The highest BCUT2D eigenvalue weighted by Crippen LogP contribution is 2.33. The molecule has 19 heavy (non-hydrogen) atoms. The summed E-state index contributed by atoms with van der Waals surface area (Å²) in [6, 6.07) is 0. The van der Waals surface area contributed by atoms with Crippen LogP contribution >= 0.6 is 0 Å². The molecule has 6 nitrogen and oxygen atoms in total. The van der Waals surface area contributed by atoms with Gasteiger partial charge in [0.1, 0.15) is 11.0 Å². The normalized spacial score (nSPS) is 24.1. The standard InChI is InChI=1S/C13H23NO5/c1-12(2,3)19-10(15)13(9-18-4)6-5-7-14(8-13)11(16)17/h5-9H2,1-4H3,(H,16,17). The number of carboxylic acid groups (broad SMARTS) is 1. The molecule has 110 valence electrons. The molecule has 0 aromatic heterocycles. The van der Waals surface area contributed by atoms with Gasteiger partial charge in [0.05, 0.1) is 6.61 Å². The van der Waals surface area contributed by atoms with Crippen molar-refractivity contribution in [2.75, 3.05) is 26.8 Å². The fourth-order valence-corrected chi connectivity index (χ4v) is 2.30. The maximum atomic E-state index is 12.4. The second-order valence-electron chi connectivity index (χ2n) is 6.02. The van der Waals surface area contributed by atoms with Crippen molar-refractivity contribution in [1.29, 1.82) is 0 Å². The van der Waals surface area contributed by atoms with Crippen LogP contribution in [0.5, 0.6) is 0 Å². The van der Waals surface area contributed by atoms with Crippen LogP contribution in [-0.4, -0.2) is 54.5 Å². The monoisotopic (exact) mass is 273 g/mol. The summed E-state index contributed by atoms with van der Waals surface area (Å²) in [5.41, 5.74) is -1.48. The first-order valence-electron chi connectivity index (χ1n) is 6.40. The fourth-order valence-electron chi connectivity index (χ4n) is 2.30. The summed E-state index contributed by atoms with van der Waals surface area (Å²) in [7, 11) is 1.51. The van der Waals surface area contributed by atoms with Crippen LogP contribution in [0.1, 0.15) is 33.6 Å². The zero-order chi connectivity index (χ0) is 14.7. The first-order chi connectivity index (χ1) is 8.70. The molecule has 0 aliphatic carbocycles. The summed E-state index contributed by atoms with van der Waals surface area (Å²) in [5.74, 6) is -0.382. The average molecular weight is 273 g/mol. The molecule has 1 atom stereocenters. The van der Waals surface area contributed by atoms with Gasteiger partial charge in [-0.2, -0.15) is 0 Å². The van der Waals surface area contributed by atoms with Crippen molar-refractivity contribution < 1.29 is 24.2 Å². The van der Waals surface area contributed by atoms with Crippen molar-refractivity contribution in [1.82, 2.24) is 4.90 Å². The molecule has 6 heteroatoms. The number of carbonyl (C=O) groups excluding carboxylic acids is 1. The molecule has 0 aromatic rings. The Balaban J connectivity index is 2.90. The van der Waals surface area contributed by atoms with Gasteiger partial charge in [0, 0.05) is 20.2 Å². The van der Waals surface area contributed by atoms with E-state index in [0.717, 1.165) is 0 Å². The van der Waals surface area contributed by atoms with Gasteiger partial charge in [-0.15, -0.1) is 0 Å². The van der Waals surface area contributed by atoms with Crippen LogP contribution in [-0.2, 0) is 14.3 Å². The maximum Gasteiger partial charge on any atom is 0.407 e. The number of piperidine rings is 1. The SMILES string of the molecule is COCC1(C(=O)OC(C)(C)C)CCCN(C(=O)O)C1. The Kier molecular flexibility index (Phi) is 4.79. The highest BCUT2D eigenvalue weighted by molar-refractivity contribution is 5.79. The van der Waals surface area contributed by atoms with E-state index >= 15 is 0 Å². The Morgan fingerprint density at radius 2 is 2.00 bits per heavy atom. The molecule has 0 bridgehead atoms. The van der Waals surface area contributed by atoms with Gasteiger partial charge < -0.3 is 19.5 Å². The quantitative estimate of drug-likeness (QED) is 0.792. The predicted molar refractivity (Wildman–Crippen MR) is 69.0 cm³/mol. The number of likely N-dealkylation sites (tertiary alicyclic amines) is 1. The van der Waals surface area contributed by atoms with Crippen LogP contribution in [0.15, 0.2) is 0 Å². The van der Waals surface area contributed by atoms with Crippen LogP contribution in [0.25, 0.3) is 0 Å². The Morgan fingerprint density at radius 1 is 1.37 bits per heavy atom. The van der Waals surface area contributed by atoms with E-state index in [0.29, 0.717) is 19.4 Å². The van der Waals surface area contributed by atoms with Crippen LogP contribution in [0.2, 0.25) is 0 Å². The molecule has 1 N–H and O–H groups in total. The van der Waals surface area contributed by atoms with Crippen LogP contribution in [0.3, 0.4) is 0 Å². The summed E-state index contributed by atoms with van der Waals surface area (Å²) >= 11 is 0. The predicted octanol–water partition coefficient (Wildman–Crippen LogP) is 1.73. The fraction of sp³-hybridized carbons (Fsp3) is 0.846. The first-order valence-corrected chi connectivity index (χ1v) is 6.40. The maximum absolute atomic E-state index is 12.4. The van der Waals surface area contributed by atoms with E-state index in [9.17, 15) is 9.59 Å². The molecule has 0 aromatic carbocycles. The van der Waals surface area contributed by atoms with Gasteiger partial charge in [0.25, 0.3) is 0 Å². The van der Waals surface area contributed by atoms with Crippen molar-refractivity contribution in [3.05, 3.63) is 0 Å². The smallest absolute Gasteiger partial charge is 0.407 e. The number of ether oxygens (including phenoxy) is 2. The third-order valence-corrected chi connectivity index (χ3v) is 3.10. The lowest BCUT2D eigenvalue weighted by atomic mass is 9.80. The number of nitrogens with zero attached hydrogens (tertiary/aromatic N) is 1. The van der Waals surface area contributed by atoms with E-state index in [1.165, 1.54) is 12.0 Å². The molecular weight excluding hydrogens is 250 g/mol. The molecule has 1 heterocycles. The van der Waals surface area contributed by atoms with Crippen molar-refractivity contribution in [3.63, 3.8) is 0 Å². The molecule has 1 saturated heterocycles. The summed E-state index contributed by atoms with van der Waals surface area (Å²) in [6.45, 7) is 6.13. The molecule has 1 unspecified atom stereocenters. The number of carbonyl (C=O) groups is 2. The van der Waals surface area contributed by atoms with E-state index in [1.54, 1.807) is 20.8 Å². The van der Waals surface area contributed by atoms with E-state index in [1.807, 2.05) is 0 Å². The van der Waals surface area contributed by atoms with Crippen molar-refractivity contribution in [2.45, 2.75) is 39.2 Å². The van der Waals surface area contributed by atoms with E-state index in [2.05, 4.69) is 0 Å². The van der Waals surface area contributed by atoms with Gasteiger partial charge in [0.2, 0.25) is 0 Å². The minimum absolute atomic E-state index is 0.130. The molecule has 1 rings (SSSR count). The molecule has 1 fully saturated rings. The number of rotatable bonds is 3. The number of hydrogen-bond donors (Lipinski definition) is 1. The second kappa shape index (κ2) is 5.77. The molecule has 1 aliphatic rings. The third kappa shape index (κ3) is 4.09. The average Bonchev–Trinajstić information content (AvgIpc) is 2.27. The Hall–Kier alpha value is -1.30. The van der Waals surface area contributed by atoms with Crippen LogP contribution in [0, 0.1) is 5.41 Å². The van der Waals surface area contributed by atoms with Crippen LogP contribution in [0.4, 0.5) is 4.79 Å². The van der Waals surface area contributed by atoms with Gasteiger partial charge in [-0.05, 0) is 33.6 Å². The Bertz CT molecular complexity index is 345. The largest absolute Gasteiger partial charge is 0.465 e. The summed E-state index contributed by atoms with van der Waals surface area (Å²) in [4.78, 5) is 24.7.